The van der Waals surface area contributed by atoms with Crippen LogP contribution in [0.25, 0.3) is 11.2 Å². The van der Waals surface area contributed by atoms with E-state index in [0.717, 1.165) is 55.7 Å². The fourth-order valence-corrected chi connectivity index (χ4v) is 6.36. The highest BCUT2D eigenvalue weighted by Crippen LogP contribution is 2.28. The van der Waals surface area contributed by atoms with Crippen LogP contribution in [0.2, 0.25) is 0 Å². The lowest BCUT2D eigenvalue weighted by atomic mass is 9.94. The van der Waals surface area contributed by atoms with Gasteiger partial charge in [-0.3, -0.25) is 14.2 Å². The third-order valence-electron chi connectivity index (χ3n) is 8.56. The number of fused-ring (bicyclic) bond motifs is 1. The zero-order chi connectivity index (χ0) is 26.8. The van der Waals surface area contributed by atoms with Crippen molar-refractivity contribution in [2.75, 3.05) is 32.1 Å². The summed E-state index contributed by atoms with van der Waals surface area (Å²) in [5.74, 6) is 0.768. The first-order chi connectivity index (χ1) is 18.3. The zero-order valence-corrected chi connectivity index (χ0v) is 23.2. The molecule has 2 aromatic heterocycles. The van der Waals surface area contributed by atoms with E-state index in [-0.39, 0.29) is 12.5 Å². The lowest BCUT2D eigenvalue weighted by molar-refractivity contribution is -0.129. The lowest BCUT2D eigenvalue weighted by Crippen LogP contribution is -2.50. The molecule has 2 aromatic rings. The standard InChI is InChI=1S/C28H43N7O3/c1-31(2)23(36)19-35-26(37)24-25(32(3)28(35)38)30-27(34(24)17-20-11-6-4-7-12-20)33-16-10-15-22(18-33)29-21-13-8-5-9-14-21/h6,11,20-22,29H,4-5,7-10,12-19H2,1-3H3. The van der Waals surface area contributed by atoms with Crippen LogP contribution in [0.3, 0.4) is 0 Å². The summed E-state index contributed by atoms with van der Waals surface area (Å²) in [5, 5.41) is 3.91. The predicted molar refractivity (Wildman–Crippen MR) is 150 cm³/mol. The molecule has 1 aliphatic heterocycles. The van der Waals surface area contributed by atoms with Gasteiger partial charge in [-0.2, -0.15) is 4.98 Å². The molecule has 3 heterocycles. The Hall–Kier alpha value is -2.88. The van der Waals surface area contributed by atoms with Gasteiger partial charge in [0, 0.05) is 52.9 Å². The maximum atomic E-state index is 13.8. The van der Waals surface area contributed by atoms with E-state index in [2.05, 4.69) is 22.4 Å². The van der Waals surface area contributed by atoms with E-state index >= 15 is 0 Å². The number of anilines is 1. The number of carbonyl (C=O) groups is 1. The van der Waals surface area contributed by atoms with Crippen molar-refractivity contribution in [2.45, 2.75) is 89.4 Å². The number of hydrogen-bond donors (Lipinski definition) is 1. The van der Waals surface area contributed by atoms with Crippen LogP contribution in [0.1, 0.15) is 64.2 Å². The summed E-state index contributed by atoms with van der Waals surface area (Å²) in [6, 6.07) is 0.968. The van der Waals surface area contributed by atoms with Crippen LogP contribution in [0.5, 0.6) is 0 Å². The Bertz CT molecular complexity index is 1300. The van der Waals surface area contributed by atoms with Gasteiger partial charge < -0.3 is 19.7 Å². The number of rotatable bonds is 7. The summed E-state index contributed by atoms with van der Waals surface area (Å²) < 4.78 is 4.53. The van der Waals surface area contributed by atoms with Crippen molar-refractivity contribution >= 4 is 23.0 Å². The molecule has 208 valence electrons. The van der Waals surface area contributed by atoms with Crippen molar-refractivity contribution in [3.05, 3.63) is 33.0 Å². The molecule has 0 aromatic carbocycles. The number of likely N-dealkylation sites (N-methyl/N-ethyl adjacent to an activating group) is 1. The molecule has 2 fully saturated rings. The summed E-state index contributed by atoms with van der Waals surface area (Å²) >= 11 is 0. The minimum absolute atomic E-state index is 0.282. The number of piperidine rings is 1. The van der Waals surface area contributed by atoms with Crippen molar-refractivity contribution in [1.29, 1.82) is 0 Å². The molecular weight excluding hydrogens is 482 g/mol. The number of amides is 1. The van der Waals surface area contributed by atoms with Crippen molar-refractivity contribution < 1.29 is 4.79 Å². The number of imidazole rings is 1. The molecule has 5 rings (SSSR count). The maximum Gasteiger partial charge on any atom is 0.332 e. The number of carbonyl (C=O) groups excluding carboxylic acids is 1. The molecule has 10 nitrogen and oxygen atoms in total. The van der Waals surface area contributed by atoms with Gasteiger partial charge in [-0.05, 0) is 50.9 Å². The van der Waals surface area contributed by atoms with Crippen molar-refractivity contribution in [3.63, 3.8) is 0 Å². The van der Waals surface area contributed by atoms with Gasteiger partial charge in [0.05, 0.1) is 0 Å². The Balaban J connectivity index is 1.55. The van der Waals surface area contributed by atoms with E-state index in [9.17, 15) is 14.4 Å². The van der Waals surface area contributed by atoms with Crippen LogP contribution in [-0.2, 0) is 24.9 Å². The summed E-state index contributed by atoms with van der Waals surface area (Å²) in [4.78, 5) is 48.2. The SMILES string of the molecule is CN(C)C(=O)Cn1c(=O)c2c(nc(N3CCCC(NC4CCCCC4)C3)n2CC2C=CCCC2)n(C)c1=O. The predicted octanol–water partition coefficient (Wildman–Crippen LogP) is 2.23. The molecule has 0 radical (unpaired) electrons. The second kappa shape index (κ2) is 11.5. The zero-order valence-electron chi connectivity index (χ0n) is 23.2. The van der Waals surface area contributed by atoms with Gasteiger partial charge in [-0.15, -0.1) is 0 Å². The third kappa shape index (κ3) is 5.46. The average molecular weight is 526 g/mol. The van der Waals surface area contributed by atoms with E-state index < -0.39 is 11.2 Å². The monoisotopic (exact) mass is 525 g/mol. The highest BCUT2D eigenvalue weighted by atomic mass is 16.2. The van der Waals surface area contributed by atoms with Gasteiger partial charge in [0.25, 0.3) is 5.56 Å². The van der Waals surface area contributed by atoms with Crippen molar-refractivity contribution in [3.8, 4) is 0 Å². The van der Waals surface area contributed by atoms with Gasteiger partial charge in [-0.1, -0.05) is 31.4 Å². The fraction of sp³-hybridized carbons (Fsp3) is 0.714. The van der Waals surface area contributed by atoms with E-state index in [4.69, 9.17) is 4.98 Å². The fourth-order valence-electron chi connectivity index (χ4n) is 6.36. The normalized spacial score (nSPS) is 22.8. The molecule has 10 heteroatoms. The molecular formula is C28H43N7O3. The van der Waals surface area contributed by atoms with Gasteiger partial charge in [0.15, 0.2) is 11.2 Å². The van der Waals surface area contributed by atoms with Crippen LogP contribution < -0.4 is 21.5 Å². The molecule has 1 amide bonds. The molecule has 3 aliphatic rings. The Kier molecular flexibility index (Phi) is 8.07. The minimum Gasteiger partial charge on any atom is -0.347 e. The van der Waals surface area contributed by atoms with E-state index in [0.29, 0.717) is 35.7 Å². The molecule has 2 unspecified atom stereocenters. The molecule has 1 saturated carbocycles. The largest absolute Gasteiger partial charge is 0.347 e. The lowest BCUT2D eigenvalue weighted by Gasteiger charge is -2.37. The van der Waals surface area contributed by atoms with Crippen LogP contribution in [-0.4, -0.2) is 68.8 Å². The van der Waals surface area contributed by atoms with Gasteiger partial charge >= 0.3 is 5.69 Å². The molecule has 2 aliphatic carbocycles. The van der Waals surface area contributed by atoms with Crippen molar-refractivity contribution in [2.24, 2.45) is 13.0 Å². The van der Waals surface area contributed by atoms with Crippen LogP contribution >= 0.6 is 0 Å². The Morgan fingerprint density at radius 1 is 1.03 bits per heavy atom. The van der Waals surface area contributed by atoms with Gasteiger partial charge in [-0.25, -0.2) is 9.36 Å². The second-order valence-corrected chi connectivity index (χ2v) is 11.6. The minimum atomic E-state index is -0.512. The Labute approximate surface area is 224 Å². The molecule has 0 bridgehead atoms. The van der Waals surface area contributed by atoms with Crippen LogP contribution in [0.15, 0.2) is 21.7 Å². The topological polar surface area (TPSA) is 97.4 Å². The third-order valence-corrected chi connectivity index (χ3v) is 8.56. The van der Waals surface area contributed by atoms with E-state index in [1.165, 1.54) is 41.6 Å². The molecule has 0 spiro atoms. The average Bonchev–Trinajstić information content (AvgIpc) is 3.30. The number of nitrogens with one attached hydrogen (secondary N) is 1. The molecule has 1 saturated heterocycles. The van der Waals surface area contributed by atoms with Gasteiger partial charge in [0.1, 0.15) is 6.54 Å². The Morgan fingerprint density at radius 3 is 2.50 bits per heavy atom. The quantitative estimate of drug-likeness (QED) is 0.557. The number of aryl methyl sites for hydroxylation is 1. The van der Waals surface area contributed by atoms with Crippen molar-refractivity contribution in [1.82, 2.24) is 28.9 Å². The van der Waals surface area contributed by atoms with E-state index in [1.54, 1.807) is 21.1 Å². The number of hydrogen-bond acceptors (Lipinski definition) is 6. The highest BCUT2D eigenvalue weighted by Gasteiger charge is 2.30. The summed E-state index contributed by atoms with van der Waals surface area (Å²) in [7, 11) is 4.90. The first-order valence-corrected chi connectivity index (χ1v) is 14.4. The van der Waals surface area contributed by atoms with E-state index in [1.807, 2.05) is 4.57 Å². The second-order valence-electron chi connectivity index (χ2n) is 11.6. The number of nitrogens with zero attached hydrogens (tertiary/aromatic N) is 6. The molecule has 1 N–H and O–H groups in total. The smallest absolute Gasteiger partial charge is 0.332 e. The first kappa shape index (κ1) is 26.7. The number of allylic oxidation sites excluding steroid dienone is 2. The number of aromatic nitrogens is 4. The first-order valence-electron chi connectivity index (χ1n) is 14.4. The van der Waals surface area contributed by atoms with Crippen LogP contribution in [0.4, 0.5) is 5.95 Å². The van der Waals surface area contributed by atoms with Crippen LogP contribution in [0, 0.1) is 5.92 Å². The molecule has 2 atom stereocenters. The molecule has 38 heavy (non-hydrogen) atoms. The Morgan fingerprint density at radius 2 is 1.79 bits per heavy atom. The summed E-state index contributed by atoms with van der Waals surface area (Å²) in [5.41, 5.74) is -0.145. The van der Waals surface area contributed by atoms with Gasteiger partial charge in [0.2, 0.25) is 11.9 Å². The maximum absolute atomic E-state index is 13.8. The summed E-state index contributed by atoms with van der Waals surface area (Å²) in [6.07, 6.45) is 16.4. The highest BCUT2D eigenvalue weighted by molar-refractivity contribution is 5.77. The summed E-state index contributed by atoms with van der Waals surface area (Å²) in [6.45, 7) is 2.06.